The Morgan fingerprint density at radius 3 is 2.37 bits per heavy atom. The Morgan fingerprint density at radius 2 is 1.78 bits per heavy atom. The lowest BCUT2D eigenvalue weighted by Gasteiger charge is -2.18. The van der Waals surface area contributed by atoms with Gasteiger partial charge in [0.05, 0.1) is 4.90 Å². The van der Waals surface area contributed by atoms with Crippen LogP contribution in [0.15, 0.2) is 41.3 Å². The molecule has 0 aromatic heterocycles. The van der Waals surface area contributed by atoms with Crippen LogP contribution in [-0.4, -0.2) is 38.8 Å². The van der Waals surface area contributed by atoms with Crippen molar-refractivity contribution in [2.24, 2.45) is 0 Å². The van der Waals surface area contributed by atoms with E-state index >= 15 is 0 Å². The molecule has 0 bridgehead atoms. The SMILES string of the molecule is Cc1cc(Cl)ccc1OC(C)C(=O)Nc1ccc(C)c(S(=O)(=O)N(C)C)c1. The van der Waals surface area contributed by atoms with E-state index in [-0.39, 0.29) is 10.8 Å². The molecule has 0 aliphatic rings. The molecule has 0 heterocycles. The summed E-state index contributed by atoms with van der Waals surface area (Å²) >= 11 is 5.92. The van der Waals surface area contributed by atoms with Gasteiger partial charge >= 0.3 is 0 Å². The van der Waals surface area contributed by atoms with Gasteiger partial charge in [0.2, 0.25) is 10.0 Å². The van der Waals surface area contributed by atoms with Crippen LogP contribution in [0.3, 0.4) is 0 Å². The van der Waals surface area contributed by atoms with Crippen molar-refractivity contribution in [2.75, 3.05) is 19.4 Å². The van der Waals surface area contributed by atoms with E-state index in [1.165, 1.54) is 20.2 Å². The van der Waals surface area contributed by atoms with Gasteiger partial charge in [-0.15, -0.1) is 0 Å². The molecule has 1 amide bonds. The molecule has 2 rings (SSSR count). The first-order valence-corrected chi connectivity index (χ1v) is 10.1. The summed E-state index contributed by atoms with van der Waals surface area (Å²) in [6, 6.07) is 9.90. The second-order valence-electron chi connectivity index (χ2n) is 6.43. The van der Waals surface area contributed by atoms with Gasteiger partial charge in [-0.2, -0.15) is 0 Å². The van der Waals surface area contributed by atoms with Crippen LogP contribution in [0.2, 0.25) is 5.02 Å². The normalized spacial score (nSPS) is 12.7. The molecule has 0 aliphatic carbocycles. The van der Waals surface area contributed by atoms with E-state index in [4.69, 9.17) is 16.3 Å². The summed E-state index contributed by atoms with van der Waals surface area (Å²) in [5.41, 5.74) is 1.80. The maximum Gasteiger partial charge on any atom is 0.265 e. The number of hydrogen-bond donors (Lipinski definition) is 1. The molecule has 0 radical (unpaired) electrons. The first-order chi connectivity index (χ1) is 12.5. The number of rotatable bonds is 6. The zero-order chi connectivity index (χ0) is 20.4. The van der Waals surface area contributed by atoms with Gasteiger partial charge in [0.1, 0.15) is 5.75 Å². The molecule has 0 aliphatic heterocycles. The largest absolute Gasteiger partial charge is 0.481 e. The number of carbonyl (C=O) groups is 1. The van der Waals surface area contributed by atoms with Crippen molar-refractivity contribution in [1.82, 2.24) is 4.31 Å². The number of carbonyl (C=O) groups excluding carboxylic acids is 1. The van der Waals surface area contributed by atoms with E-state index in [9.17, 15) is 13.2 Å². The number of amides is 1. The third-order valence-electron chi connectivity index (χ3n) is 4.02. The molecule has 1 N–H and O–H groups in total. The maximum atomic E-state index is 12.5. The Bertz CT molecular complexity index is 958. The van der Waals surface area contributed by atoms with E-state index in [2.05, 4.69) is 5.32 Å². The fourth-order valence-electron chi connectivity index (χ4n) is 2.39. The summed E-state index contributed by atoms with van der Waals surface area (Å²) in [5.74, 6) is 0.170. The standard InChI is InChI=1S/C19H23ClN2O4S/c1-12-6-8-16(11-18(12)27(24,25)22(4)5)21-19(23)14(3)26-17-9-7-15(20)10-13(17)2/h6-11,14H,1-5H3,(H,21,23). The van der Waals surface area contributed by atoms with Crippen LogP contribution >= 0.6 is 11.6 Å². The minimum absolute atomic E-state index is 0.146. The third-order valence-corrected chi connectivity index (χ3v) is 6.22. The van der Waals surface area contributed by atoms with Gasteiger partial charge in [-0.3, -0.25) is 4.79 Å². The number of halogens is 1. The highest BCUT2D eigenvalue weighted by atomic mass is 35.5. The number of anilines is 1. The Hall–Kier alpha value is -2.09. The molecule has 27 heavy (non-hydrogen) atoms. The van der Waals surface area contributed by atoms with Crippen LogP contribution in [0.25, 0.3) is 0 Å². The van der Waals surface area contributed by atoms with Gasteiger partial charge in [-0.25, -0.2) is 12.7 Å². The first kappa shape index (κ1) is 21.2. The van der Waals surface area contributed by atoms with Gasteiger partial charge in [-0.05, 0) is 62.2 Å². The lowest BCUT2D eigenvalue weighted by molar-refractivity contribution is -0.122. The van der Waals surface area contributed by atoms with E-state index in [1.54, 1.807) is 44.2 Å². The highest BCUT2D eigenvalue weighted by Gasteiger charge is 2.21. The van der Waals surface area contributed by atoms with Crippen molar-refractivity contribution in [1.29, 1.82) is 0 Å². The lowest BCUT2D eigenvalue weighted by atomic mass is 10.2. The summed E-state index contributed by atoms with van der Waals surface area (Å²) in [5, 5.41) is 3.29. The average Bonchev–Trinajstić information content (AvgIpc) is 2.58. The zero-order valence-electron chi connectivity index (χ0n) is 15.9. The molecule has 2 aromatic rings. The Kier molecular flexibility index (Phi) is 6.51. The monoisotopic (exact) mass is 410 g/mol. The van der Waals surface area contributed by atoms with E-state index in [0.717, 1.165) is 9.87 Å². The smallest absolute Gasteiger partial charge is 0.265 e. The number of sulfonamides is 1. The van der Waals surface area contributed by atoms with Crippen molar-refractivity contribution in [3.05, 3.63) is 52.5 Å². The fourth-order valence-corrected chi connectivity index (χ4v) is 3.76. The predicted octanol–water partition coefficient (Wildman–Crippen LogP) is 3.61. The van der Waals surface area contributed by atoms with Crippen LogP contribution in [0.1, 0.15) is 18.1 Å². The van der Waals surface area contributed by atoms with Crippen molar-refractivity contribution in [3.8, 4) is 5.75 Å². The van der Waals surface area contributed by atoms with Crippen LogP contribution in [0.4, 0.5) is 5.69 Å². The number of benzene rings is 2. The Morgan fingerprint density at radius 1 is 1.11 bits per heavy atom. The molecule has 0 saturated carbocycles. The lowest BCUT2D eigenvalue weighted by Crippen LogP contribution is -2.30. The van der Waals surface area contributed by atoms with E-state index in [0.29, 0.717) is 22.0 Å². The maximum absolute atomic E-state index is 12.5. The van der Waals surface area contributed by atoms with Crippen LogP contribution in [0.5, 0.6) is 5.75 Å². The molecule has 6 nitrogen and oxygen atoms in total. The molecule has 2 aromatic carbocycles. The van der Waals surface area contributed by atoms with E-state index in [1.807, 2.05) is 6.92 Å². The van der Waals surface area contributed by atoms with Gasteiger partial charge in [0.25, 0.3) is 5.91 Å². The molecule has 1 unspecified atom stereocenters. The summed E-state index contributed by atoms with van der Waals surface area (Å²) in [6.45, 7) is 5.16. The summed E-state index contributed by atoms with van der Waals surface area (Å²) < 4.78 is 31.6. The van der Waals surface area contributed by atoms with Crippen molar-refractivity contribution in [3.63, 3.8) is 0 Å². The predicted molar refractivity (Wildman–Crippen MR) is 107 cm³/mol. The van der Waals surface area contributed by atoms with Crippen LogP contribution in [-0.2, 0) is 14.8 Å². The van der Waals surface area contributed by atoms with Gasteiger partial charge in [-0.1, -0.05) is 17.7 Å². The Labute approximate surface area is 165 Å². The first-order valence-electron chi connectivity index (χ1n) is 8.29. The van der Waals surface area contributed by atoms with Crippen molar-refractivity contribution in [2.45, 2.75) is 31.8 Å². The number of ether oxygens (including phenoxy) is 1. The molecular formula is C19H23ClN2O4S. The Balaban J connectivity index is 2.18. The number of nitrogens with one attached hydrogen (secondary N) is 1. The number of nitrogens with zero attached hydrogens (tertiary/aromatic N) is 1. The summed E-state index contributed by atoms with van der Waals surface area (Å²) in [6.07, 6.45) is -0.778. The highest BCUT2D eigenvalue weighted by Crippen LogP contribution is 2.24. The summed E-state index contributed by atoms with van der Waals surface area (Å²) in [4.78, 5) is 12.6. The fraction of sp³-hybridized carbons (Fsp3) is 0.316. The molecule has 146 valence electrons. The highest BCUT2D eigenvalue weighted by molar-refractivity contribution is 7.89. The number of aryl methyl sites for hydroxylation is 2. The molecule has 0 saturated heterocycles. The van der Waals surface area contributed by atoms with E-state index < -0.39 is 16.1 Å². The molecule has 0 fully saturated rings. The second-order valence-corrected chi connectivity index (χ2v) is 8.98. The minimum atomic E-state index is -3.61. The van der Waals surface area contributed by atoms with Crippen LogP contribution in [0, 0.1) is 13.8 Å². The van der Waals surface area contributed by atoms with Crippen molar-refractivity contribution < 1.29 is 17.9 Å². The van der Waals surface area contributed by atoms with Crippen LogP contribution < -0.4 is 10.1 Å². The van der Waals surface area contributed by atoms with Crippen molar-refractivity contribution >= 4 is 33.2 Å². The molecule has 1 atom stereocenters. The molecule has 8 heteroatoms. The zero-order valence-corrected chi connectivity index (χ0v) is 17.5. The number of hydrogen-bond acceptors (Lipinski definition) is 4. The van der Waals surface area contributed by atoms with Gasteiger partial charge in [0, 0.05) is 24.8 Å². The second kappa shape index (κ2) is 8.29. The van der Waals surface area contributed by atoms with Gasteiger partial charge < -0.3 is 10.1 Å². The quantitative estimate of drug-likeness (QED) is 0.789. The molecule has 0 spiro atoms. The minimum Gasteiger partial charge on any atom is -0.481 e. The third kappa shape index (κ3) is 5.00. The average molecular weight is 411 g/mol. The van der Waals surface area contributed by atoms with Gasteiger partial charge in [0.15, 0.2) is 6.10 Å². The summed E-state index contributed by atoms with van der Waals surface area (Å²) in [7, 11) is -0.681. The molecular weight excluding hydrogens is 388 g/mol. The topological polar surface area (TPSA) is 75.7 Å².